The van der Waals surface area contributed by atoms with Crippen molar-refractivity contribution in [2.45, 2.75) is 13.5 Å². The summed E-state index contributed by atoms with van der Waals surface area (Å²) in [4.78, 5) is 15.8. The maximum absolute atomic E-state index is 13.3. The fourth-order valence-corrected chi connectivity index (χ4v) is 2.32. The van der Waals surface area contributed by atoms with Crippen LogP contribution in [0, 0.1) is 11.6 Å². The molecule has 0 amide bonds. The quantitative estimate of drug-likeness (QED) is 0.667. The summed E-state index contributed by atoms with van der Waals surface area (Å²) in [5, 5.41) is 13.7. The highest BCUT2D eigenvalue weighted by Gasteiger charge is 2.15. The average Bonchev–Trinajstić information content (AvgIpc) is 3.09. The topological polar surface area (TPSA) is 86.5 Å². The van der Waals surface area contributed by atoms with E-state index >= 15 is 0 Å². The van der Waals surface area contributed by atoms with E-state index in [-0.39, 0.29) is 41.7 Å². The fourth-order valence-electron chi connectivity index (χ4n) is 2.32. The minimum Gasteiger partial charge on any atom is -0.506 e. The van der Waals surface area contributed by atoms with Crippen molar-refractivity contribution in [2.24, 2.45) is 0 Å². The van der Waals surface area contributed by atoms with Crippen molar-refractivity contribution in [1.29, 1.82) is 0 Å². The number of halogens is 2. The van der Waals surface area contributed by atoms with E-state index in [0.717, 1.165) is 18.2 Å². The Kier molecular flexibility index (Phi) is 5.30. The minimum atomic E-state index is -0.728. The first-order chi connectivity index (χ1) is 13.0. The maximum Gasteiger partial charge on any atom is 0.341 e. The summed E-state index contributed by atoms with van der Waals surface area (Å²) in [5.74, 6) is -1.88. The molecule has 0 aliphatic heterocycles. The van der Waals surface area contributed by atoms with Crippen molar-refractivity contribution in [3.63, 3.8) is 0 Å². The summed E-state index contributed by atoms with van der Waals surface area (Å²) >= 11 is 0. The Morgan fingerprint density at radius 1 is 1.19 bits per heavy atom. The van der Waals surface area contributed by atoms with Gasteiger partial charge in [0.2, 0.25) is 0 Å². The number of carbonyl (C=O) groups is 1. The number of hydrogen-bond donors (Lipinski definition) is 1. The molecule has 0 aliphatic carbocycles. The first-order valence-electron chi connectivity index (χ1n) is 7.95. The summed E-state index contributed by atoms with van der Waals surface area (Å²) in [6.45, 7) is 1.74. The number of aromatic hydroxyl groups is 1. The second-order valence-electron chi connectivity index (χ2n) is 5.48. The van der Waals surface area contributed by atoms with Gasteiger partial charge in [0, 0.05) is 18.3 Å². The Morgan fingerprint density at radius 3 is 2.63 bits per heavy atom. The van der Waals surface area contributed by atoms with Crippen molar-refractivity contribution in [2.75, 3.05) is 6.61 Å². The smallest absolute Gasteiger partial charge is 0.341 e. The third kappa shape index (κ3) is 4.38. The zero-order chi connectivity index (χ0) is 19.4. The van der Waals surface area contributed by atoms with Crippen molar-refractivity contribution < 1.29 is 28.2 Å². The maximum atomic E-state index is 13.3. The lowest BCUT2D eigenvalue weighted by Crippen LogP contribution is -2.05. The zero-order valence-corrected chi connectivity index (χ0v) is 14.2. The molecule has 2 heterocycles. The molecule has 0 saturated carbocycles. The molecular weight excluding hydrogens is 360 g/mol. The summed E-state index contributed by atoms with van der Waals surface area (Å²) in [6, 6.07) is 4.30. The van der Waals surface area contributed by atoms with Crippen LogP contribution in [0.2, 0.25) is 0 Å². The van der Waals surface area contributed by atoms with Gasteiger partial charge in [0.05, 0.1) is 24.6 Å². The second-order valence-corrected chi connectivity index (χ2v) is 5.48. The van der Waals surface area contributed by atoms with Gasteiger partial charge >= 0.3 is 5.97 Å². The lowest BCUT2D eigenvalue weighted by Gasteiger charge is -2.11. The summed E-state index contributed by atoms with van der Waals surface area (Å²) < 4.78 is 38.3. The Balaban J connectivity index is 1.86. The van der Waals surface area contributed by atoms with E-state index in [2.05, 4.69) is 10.1 Å². The monoisotopic (exact) mass is 375 g/mol. The van der Waals surface area contributed by atoms with Crippen LogP contribution >= 0.6 is 0 Å². The Bertz CT molecular complexity index is 955. The van der Waals surface area contributed by atoms with Gasteiger partial charge in [0.1, 0.15) is 24.0 Å². The number of aromatic nitrogens is 3. The number of pyridine rings is 1. The number of carbonyl (C=O) groups excluding carboxylic acids is 1. The van der Waals surface area contributed by atoms with Crippen LogP contribution in [0.15, 0.2) is 42.9 Å². The third-order valence-electron chi connectivity index (χ3n) is 3.45. The molecule has 9 heteroatoms. The van der Waals surface area contributed by atoms with E-state index in [0.29, 0.717) is 0 Å². The van der Waals surface area contributed by atoms with Crippen LogP contribution in [0.1, 0.15) is 22.8 Å². The highest BCUT2D eigenvalue weighted by molar-refractivity contribution is 5.88. The molecule has 3 rings (SSSR count). The lowest BCUT2D eigenvalue weighted by molar-refractivity contribution is 0.0526. The molecule has 0 radical (unpaired) electrons. The van der Waals surface area contributed by atoms with Crippen molar-refractivity contribution in [1.82, 2.24) is 14.8 Å². The molecule has 0 saturated heterocycles. The van der Waals surface area contributed by atoms with Gasteiger partial charge < -0.3 is 14.6 Å². The first-order valence-corrected chi connectivity index (χ1v) is 7.95. The molecule has 0 unspecified atom stereocenters. The summed E-state index contributed by atoms with van der Waals surface area (Å²) in [7, 11) is 0. The number of hydrogen-bond acceptors (Lipinski definition) is 6. The van der Waals surface area contributed by atoms with E-state index in [1.165, 1.54) is 29.3 Å². The zero-order valence-electron chi connectivity index (χ0n) is 14.2. The van der Waals surface area contributed by atoms with Gasteiger partial charge in [-0.05, 0) is 24.6 Å². The van der Waals surface area contributed by atoms with E-state index in [1.807, 2.05) is 0 Å². The molecule has 140 valence electrons. The van der Waals surface area contributed by atoms with Gasteiger partial charge in [-0.2, -0.15) is 5.10 Å². The standard InChI is InChI=1S/C18H15F2N3O4/c1-2-26-18(25)12-7-22-23(9-12)17-16(6-15(24)8-21-17)27-10-11-3-13(19)5-14(20)4-11/h3-9,24H,2,10H2,1H3. The van der Waals surface area contributed by atoms with Gasteiger partial charge in [-0.3, -0.25) is 0 Å². The molecule has 7 nitrogen and oxygen atoms in total. The number of nitrogens with zero attached hydrogens (tertiary/aromatic N) is 3. The van der Waals surface area contributed by atoms with Crippen LogP contribution in [0.3, 0.4) is 0 Å². The number of ether oxygens (including phenoxy) is 2. The first kappa shape index (κ1) is 18.3. The molecule has 0 atom stereocenters. The van der Waals surface area contributed by atoms with Gasteiger partial charge in [-0.1, -0.05) is 0 Å². The predicted octanol–water partition coefficient (Wildman–Crippen LogP) is 3.01. The molecule has 0 fully saturated rings. The molecular formula is C18H15F2N3O4. The highest BCUT2D eigenvalue weighted by atomic mass is 19.1. The summed E-state index contributed by atoms with van der Waals surface area (Å²) in [5.41, 5.74) is 0.472. The molecule has 2 aromatic heterocycles. The molecule has 0 aliphatic rings. The van der Waals surface area contributed by atoms with Crippen LogP contribution < -0.4 is 4.74 Å². The Morgan fingerprint density at radius 2 is 1.93 bits per heavy atom. The van der Waals surface area contributed by atoms with Crippen LogP contribution in [0.5, 0.6) is 11.5 Å². The molecule has 27 heavy (non-hydrogen) atoms. The van der Waals surface area contributed by atoms with Gasteiger partial charge in [-0.25, -0.2) is 23.2 Å². The lowest BCUT2D eigenvalue weighted by atomic mass is 10.2. The van der Waals surface area contributed by atoms with Crippen molar-refractivity contribution >= 4 is 5.97 Å². The van der Waals surface area contributed by atoms with E-state index < -0.39 is 17.6 Å². The molecule has 0 spiro atoms. The fraction of sp³-hybridized carbons (Fsp3) is 0.167. The average molecular weight is 375 g/mol. The van der Waals surface area contributed by atoms with E-state index in [4.69, 9.17) is 9.47 Å². The van der Waals surface area contributed by atoms with Crippen LogP contribution in [0.4, 0.5) is 8.78 Å². The van der Waals surface area contributed by atoms with E-state index in [9.17, 15) is 18.7 Å². The van der Waals surface area contributed by atoms with Gasteiger partial charge in [0.25, 0.3) is 0 Å². The number of benzene rings is 1. The normalized spacial score (nSPS) is 10.6. The molecule has 0 bridgehead atoms. The number of esters is 1. The minimum absolute atomic E-state index is 0.109. The SMILES string of the molecule is CCOC(=O)c1cnn(-c2ncc(O)cc2OCc2cc(F)cc(F)c2)c1. The van der Waals surface area contributed by atoms with Crippen LogP contribution in [-0.2, 0) is 11.3 Å². The predicted molar refractivity (Wildman–Crippen MR) is 89.7 cm³/mol. The second kappa shape index (κ2) is 7.81. The van der Waals surface area contributed by atoms with Gasteiger partial charge in [0.15, 0.2) is 11.6 Å². The largest absolute Gasteiger partial charge is 0.506 e. The molecule has 1 aromatic carbocycles. The van der Waals surface area contributed by atoms with Crippen molar-refractivity contribution in [3.8, 4) is 17.3 Å². The Hall–Kier alpha value is -3.49. The van der Waals surface area contributed by atoms with Crippen LogP contribution in [0.25, 0.3) is 5.82 Å². The molecule has 1 N–H and O–H groups in total. The van der Waals surface area contributed by atoms with Crippen LogP contribution in [-0.4, -0.2) is 32.4 Å². The van der Waals surface area contributed by atoms with E-state index in [1.54, 1.807) is 6.92 Å². The highest BCUT2D eigenvalue weighted by Crippen LogP contribution is 2.26. The third-order valence-corrected chi connectivity index (χ3v) is 3.45. The Labute approximate surface area is 152 Å². The van der Waals surface area contributed by atoms with Gasteiger partial charge in [-0.15, -0.1) is 0 Å². The molecule has 3 aromatic rings. The summed E-state index contributed by atoms with van der Waals surface area (Å²) in [6.07, 6.45) is 3.88. The number of rotatable bonds is 6. The van der Waals surface area contributed by atoms with Crippen molar-refractivity contribution in [3.05, 3.63) is 65.6 Å².